The highest BCUT2D eigenvalue weighted by Crippen LogP contribution is 2.42. The van der Waals surface area contributed by atoms with Crippen LogP contribution in [0.25, 0.3) is 11.1 Å². The van der Waals surface area contributed by atoms with E-state index >= 15 is 0 Å². The van der Waals surface area contributed by atoms with Crippen molar-refractivity contribution in [1.29, 1.82) is 0 Å². The van der Waals surface area contributed by atoms with Crippen LogP contribution in [0.3, 0.4) is 0 Å². The largest absolute Gasteiger partial charge is 0.438 e. The molecule has 2 heterocycles. The monoisotopic (exact) mass is 500 g/mol. The third-order valence-electron chi connectivity index (χ3n) is 7.69. The number of rotatable bonds is 7. The zero-order valence-electron chi connectivity index (χ0n) is 22.1. The summed E-state index contributed by atoms with van der Waals surface area (Å²) in [6.07, 6.45) is 4.60. The summed E-state index contributed by atoms with van der Waals surface area (Å²) in [4.78, 5) is 27.7. The normalized spacial score (nSPS) is 21.0. The van der Waals surface area contributed by atoms with E-state index < -0.39 is 11.2 Å². The van der Waals surface area contributed by atoms with Crippen molar-refractivity contribution in [3.8, 4) is 11.1 Å². The molecule has 1 aromatic heterocycles. The molecule has 0 radical (unpaired) electrons. The fourth-order valence-electron chi connectivity index (χ4n) is 5.65. The SMILES string of the molecule is Cc1cc([C@H](C)N2CC[C@](CC(C)(C)O)(c3ccccc3)OC2=O)ccc1-c1ccn(C2CC2)c(=O)c1. The molecule has 1 amide bonds. The first-order valence-corrected chi connectivity index (χ1v) is 13.2. The lowest BCUT2D eigenvalue weighted by molar-refractivity contribution is -0.101. The Kier molecular flexibility index (Phi) is 6.48. The Bertz CT molecular complexity index is 1350. The van der Waals surface area contributed by atoms with E-state index in [2.05, 4.69) is 6.07 Å². The standard InChI is InChI=1S/C31H36N2O4/c1-21-18-23(10-13-27(21)24-14-16-33(26-11-12-26)28(34)19-24)22(2)32-17-15-31(37-29(32)35,20-30(3,4)36)25-8-6-5-7-9-25/h5-10,13-14,16,18-19,22,26,36H,11-12,15,17,20H2,1-4H3/t22-,31-/m0/s1. The number of aryl methyl sites for hydroxylation is 1. The Balaban J connectivity index is 1.36. The molecule has 2 fully saturated rings. The van der Waals surface area contributed by atoms with Gasteiger partial charge in [0.1, 0.15) is 5.60 Å². The minimum absolute atomic E-state index is 0.0425. The second kappa shape index (κ2) is 9.49. The maximum absolute atomic E-state index is 13.4. The molecule has 2 aliphatic rings. The van der Waals surface area contributed by atoms with E-state index in [9.17, 15) is 14.7 Å². The van der Waals surface area contributed by atoms with E-state index in [4.69, 9.17) is 4.74 Å². The van der Waals surface area contributed by atoms with E-state index in [0.29, 0.717) is 25.4 Å². The van der Waals surface area contributed by atoms with E-state index in [1.165, 1.54) is 0 Å². The molecule has 1 saturated carbocycles. The fourth-order valence-corrected chi connectivity index (χ4v) is 5.65. The summed E-state index contributed by atoms with van der Waals surface area (Å²) in [5, 5.41) is 10.6. The number of aromatic nitrogens is 1. The molecule has 6 nitrogen and oxygen atoms in total. The molecule has 0 spiro atoms. The Labute approximate surface area is 218 Å². The highest BCUT2D eigenvalue weighted by molar-refractivity contribution is 5.71. The second-order valence-corrected chi connectivity index (χ2v) is 11.3. The number of hydrogen-bond donors (Lipinski definition) is 1. The first-order valence-electron chi connectivity index (χ1n) is 13.2. The van der Waals surface area contributed by atoms with E-state index in [0.717, 1.165) is 40.7 Å². The van der Waals surface area contributed by atoms with Gasteiger partial charge in [0.25, 0.3) is 5.56 Å². The zero-order valence-corrected chi connectivity index (χ0v) is 22.1. The molecule has 1 aliphatic heterocycles. The minimum atomic E-state index is -0.990. The molecule has 5 rings (SSSR count). The van der Waals surface area contributed by atoms with Crippen molar-refractivity contribution in [1.82, 2.24) is 9.47 Å². The van der Waals surface area contributed by atoms with E-state index in [1.54, 1.807) is 24.8 Å². The second-order valence-electron chi connectivity index (χ2n) is 11.3. The molecule has 0 unspecified atom stereocenters. The molecule has 2 atom stereocenters. The maximum Gasteiger partial charge on any atom is 0.411 e. The van der Waals surface area contributed by atoms with Crippen LogP contribution >= 0.6 is 0 Å². The van der Waals surface area contributed by atoms with Gasteiger partial charge in [-0.2, -0.15) is 0 Å². The van der Waals surface area contributed by atoms with Crippen LogP contribution in [0.15, 0.2) is 71.7 Å². The average Bonchev–Trinajstić information content (AvgIpc) is 3.68. The Morgan fingerprint density at radius 1 is 1.08 bits per heavy atom. The third-order valence-corrected chi connectivity index (χ3v) is 7.69. The molecular formula is C31H36N2O4. The van der Waals surface area contributed by atoms with Gasteiger partial charge >= 0.3 is 6.09 Å². The zero-order chi connectivity index (χ0) is 26.4. The van der Waals surface area contributed by atoms with Gasteiger partial charge in [-0.15, -0.1) is 0 Å². The average molecular weight is 501 g/mol. The molecule has 1 saturated heterocycles. The van der Waals surface area contributed by atoms with Crippen LogP contribution in [0.1, 0.15) is 75.2 Å². The van der Waals surface area contributed by atoms with Gasteiger partial charge in [0, 0.05) is 37.7 Å². The van der Waals surface area contributed by atoms with Gasteiger partial charge in [0.05, 0.1) is 11.6 Å². The van der Waals surface area contributed by atoms with Crippen molar-refractivity contribution in [2.45, 2.75) is 76.7 Å². The van der Waals surface area contributed by atoms with Crippen LogP contribution < -0.4 is 5.56 Å². The molecule has 6 heteroatoms. The molecular weight excluding hydrogens is 464 g/mol. The molecule has 1 N–H and O–H groups in total. The third kappa shape index (κ3) is 5.21. The number of carbonyl (C=O) groups is 1. The summed E-state index contributed by atoms with van der Waals surface area (Å²) in [6.45, 7) is 8.07. The predicted molar refractivity (Wildman–Crippen MR) is 144 cm³/mol. The summed E-state index contributed by atoms with van der Waals surface area (Å²) in [6, 6.07) is 19.8. The Hall–Kier alpha value is -3.38. The van der Waals surface area contributed by atoms with Crippen LogP contribution in [0.2, 0.25) is 0 Å². The highest BCUT2D eigenvalue weighted by atomic mass is 16.6. The number of hydrogen-bond acceptors (Lipinski definition) is 4. The van der Waals surface area contributed by atoms with Crippen molar-refractivity contribution >= 4 is 6.09 Å². The number of pyridine rings is 1. The Morgan fingerprint density at radius 3 is 2.41 bits per heavy atom. The summed E-state index contributed by atoms with van der Waals surface area (Å²) in [5.74, 6) is 0. The number of ether oxygens (including phenoxy) is 1. The van der Waals surface area contributed by atoms with Gasteiger partial charge in [-0.25, -0.2) is 4.79 Å². The smallest absolute Gasteiger partial charge is 0.411 e. The lowest BCUT2D eigenvalue weighted by Gasteiger charge is -2.45. The van der Waals surface area contributed by atoms with Crippen molar-refractivity contribution < 1.29 is 14.6 Å². The number of cyclic esters (lactones) is 1. The topological polar surface area (TPSA) is 71.8 Å². The number of carbonyl (C=O) groups excluding carboxylic acids is 1. The van der Waals surface area contributed by atoms with Gasteiger partial charge < -0.3 is 19.3 Å². The summed E-state index contributed by atoms with van der Waals surface area (Å²) in [5.41, 5.74) is 3.09. The number of benzene rings is 2. The van der Waals surface area contributed by atoms with Crippen LogP contribution in [0.4, 0.5) is 4.79 Å². The molecule has 3 aromatic rings. The molecule has 1 aliphatic carbocycles. The van der Waals surface area contributed by atoms with Crippen molar-refractivity contribution in [3.05, 3.63) is 93.9 Å². The first kappa shape index (κ1) is 25.3. The number of amides is 1. The summed E-state index contributed by atoms with van der Waals surface area (Å²) >= 11 is 0. The fraction of sp³-hybridized carbons (Fsp3) is 0.419. The van der Waals surface area contributed by atoms with Gasteiger partial charge in [0.15, 0.2) is 0 Å². The summed E-state index contributed by atoms with van der Waals surface area (Å²) in [7, 11) is 0. The van der Waals surface area contributed by atoms with E-state index in [1.807, 2.05) is 73.1 Å². The maximum atomic E-state index is 13.4. The van der Waals surface area contributed by atoms with Gasteiger partial charge in [-0.1, -0.05) is 48.5 Å². The van der Waals surface area contributed by atoms with Crippen molar-refractivity contribution in [2.75, 3.05) is 6.54 Å². The first-order chi connectivity index (χ1) is 17.6. The molecule has 194 valence electrons. The lowest BCUT2D eigenvalue weighted by atomic mass is 9.80. The minimum Gasteiger partial charge on any atom is -0.438 e. The predicted octanol–water partition coefficient (Wildman–Crippen LogP) is 6.12. The Morgan fingerprint density at radius 2 is 1.81 bits per heavy atom. The highest BCUT2D eigenvalue weighted by Gasteiger charge is 2.46. The number of nitrogens with zero attached hydrogens (tertiary/aromatic N) is 2. The molecule has 0 bridgehead atoms. The van der Waals surface area contributed by atoms with E-state index in [-0.39, 0.29) is 17.7 Å². The molecule has 37 heavy (non-hydrogen) atoms. The summed E-state index contributed by atoms with van der Waals surface area (Å²) < 4.78 is 7.98. The van der Waals surface area contributed by atoms with Crippen molar-refractivity contribution in [3.63, 3.8) is 0 Å². The lowest BCUT2D eigenvalue weighted by Crippen LogP contribution is -2.51. The van der Waals surface area contributed by atoms with Gasteiger partial charge in [-0.3, -0.25) is 4.79 Å². The molecule has 2 aromatic carbocycles. The van der Waals surface area contributed by atoms with Crippen LogP contribution in [0.5, 0.6) is 0 Å². The van der Waals surface area contributed by atoms with Gasteiger partial charge in [0.2, 0.25) is 0 Å². The number of aliphatic hydroxyl groups is 1. The van der Waals surface area contributed by atoms with Crippen LogP contribution in [-0.2, 0) is 10.3 Å². The quantitative estimate of drug-likeness (QED) is 0.424. The van der Waals surface area contributed by atoms with Crippen LogP contribution in [0, 0.1) is 6.92 Å². The van der Waals surface area contributed by atoms with Crippen LogP contribution in [-0.4, -0.2) is 32.8 Å². The van der Waals surface area contributed by atoms with Gasteiger partial charge in [-0.05, 0) is 74.4 Å². The van der Waals surface area contributed by atoms with Crippen molar-refractivity contribution in [2.24, 2.45) is 0 Å².